The first-order valence-electron chi connectivity index (χ1n) is 5.71. The Bertz CT molecular complexity index is 582. The molecule has 100 valence electrons. The van der Waals surface area contributed by atoms with E-state index in [-0.39, 0.29) is 29.7 Å². The Morgan fingerprint density at radius 3 is 2.58 bits per heavy atom. The highest BCUT2D eigenvalue weighted by molar-refractivity contribution is 5.72. The number of ether oxygens (including phenoxy) is 1. The second kappa shape index (κ2) is 7.13. The molecule has 0 spiro atoms. The fourth-order valence-electron chi connectivity index (χ4n) is 1.72. The van der Waals surface area contributed by atoms with Crippen molar-refractivity contribution in [3.8, 4) is 11.5 Å². The number of aromatic nitrogens is 1. The molecule has 3 nitrogen and oxygen atoms in total. The van der Waals surface area contributed by atoms with Crippen LogP contribution in [0.25, 0.3) is 12.2 Å². The maximum absolute atomic E-state index is 9.95. The van der Waals surface area contributed by atoms with E-state index in [1.807, 2.05) is 60.3 Å². The van der Waals surface area contributed by atoms with Crippen LogP contribution in [0.5, 0.6) is 11.5 Å². The average molecular weight is 369 g/mol. The molecule has 0 bridgehead atoms. The number of halogens is 1. The lowest BCUT2D eigenvalue weighted by atomic mass is 10.1. The normalized spacial score (nSPS) is 10.2. The van der Waals surface area contributed by atoms with Crippen molar-refractivity contribution < 1.29 is 38.4 Å². The van der Waals surface area contributed by atoms with Gasteiger partial charge in [-0.2, -0.15) is 0 Å². The van der Waals surface area contributed by atoms with Crippen LogP contribution in [0.3, 0.4) is 0 Å². The van der Waals surface area contributed by atoms with Gasteiger partial charge in [-0.3, -0.25) is 0 Å². The van der Waals surface area contributed by atoms with Crippen molar-refractivity contribution in [3.63, 3.8) is 0 Å². The average Bonchev–Trinajstić information content (AvgIpc) is 2.39. The number of hydrogen-bond donors (Lipinski definition) is 1. The minimum atomic E-state index is 0. The van der Waals surface area contributed by atoms with Crippen LogP contribution in [0.1, 0.15) is 11.3 Å². The van der Waals surface area contributed by atoms with Gasteiger partial charge in [0.15, 0.2) is 17.7 Å². The summed E-state index contributed by atoms with van der Waals surface area (Å²) in [4.78, 5) is 0. The van der Waals surface area contributed by atoms with Crippen LogP contribution in [-0.4, -0.2) is 12.2 Å². The van der Waals surface area contributed by atoms with Gasteiger partial charge in [-0.1, -0.05) is 12.1 Å². The van der Waals surface area contributed by atoms with Gasteiger partial charge < -0.3 is 33.8 Å². The smallest absolute Gasteiger partial charge is 0.204 e. The van der Waals surface area contributed by atoms with Gasteiger partial charge in [0, 0.05) is 23.8 Å². The number of phenols is 1. The van der Waals surface area contributed by atoms with Gasteiger partial charge in [-0.05, 0) is 18.2 Å². The molecule has 2 rings (SSSR count). The number of nitrogens with zero attached hydrogens (tertiary/aromatic N) is 1. The number of benzene rings is 1. The van der Waals surface area contributed by atoms with E-state index in [4.69, 9.17) is 4.74 Å². The summed E-state index contributed by atoms with van der Waals surface area (Å²) in [7, 11) is 3.52. The predicted molar refractivity (Wildman–Crippen MR) is 71.2 cm³/mol. The zero-order valence-corrected chi connectivity index (χ0v) is 13.0. The number of phenolic OH excluding ortho intramolecular Hbond substituents is 1. The lowest BCUT2D eigenvalue weighted by molar-refractivity contribution is -0.673. The first kappa shape index (κ1) is 15.5. The van der Waals surface area contributed by atoms with Crippen molar-refractivity contribution in [2.75, 3.05) is 7.11 Å². The minimum absolute atomic E-state index is 0. The summed E-state index contributed by atoms with van der Waals surface area (Å²) in [6, 6.07) is 11.4. The topological polar surface area (TPSA) is 33.3 Å². The largest absolute Gasteiger partial charge is 1.00 e. The Hall–Kier alpha value is -1.56. The Kier molecular flexibility index (Phi) is 5.82. The third-order valence-electron chi connectivity index (χ3n) is 2.78. The molecule has 0 saturated heterocycles. The van der Waals surface area contributed by atoms with E-state index < -0.39 is 0 Å². The van der Waals surface area contributed by atoms with E-state index in [0.717, 1.165) is 11.3 Å². The molecule has 0 atom stereocenters. The fraction of sp³-hybridized carbons (Fsp3) is 0.133. The predicted octanol–water partition coefficient (Wildman–Crippen LogP) is -0.600. The molecule has 1 aromatic heterocycles. The molecule has 0 saturated carbocycles. The molecule has 0 radical (unpaired) electrons. The van der Waals surface area contributed by atoms with Crippen LogP contribution < -0.4 is 33.3 Å². The molecule has 0 amide bonds. The van der Waals surface area contributed by atoms with Crippen molar-refractivity contribution in [1.29, 1.82) is 0 Å². The number of para-hydroxylation sites is 1. The monoisotopic (exact) mass is 369 g/mol. The van der Waals surface area contributed by atoms with Crippen molar-refractivity contribution >= 4 is 12.2 Å². The van der Waals surface area contributed by atoms with Crippen molar-refractivity contribution in [2.24, 2.45) is 7.05 Å². The molecule has 4 heteroatoms. The van der Waals surface area contributed by atoms with E-state index in [1.165, 1.54) is 0 Å². The van der Waals surface area contributed by atoms with Crippen molar-refractivity contribution in [3.05, 3.63) is 53.9 Å². The van der Waals surface area contributed by atoms with Crippen LogP contribution in [-0.2, 0) is 7.05 Å². The maximum Gasteiger partial charge on any atom is 0.204 e. The van der Waals surface area contributed by atoms with E-state index in [1.54, 1.807) is 13.2 Å². The Balaban J connectivity index is 0.00000180. The lowest BCUT2D eigenvalue weighted by Crippen LogP contribution is -3.00. The molecule has 0 aliphatic carbocycles. The number of pyridine rings is 1. The lowest BCUT2D eigenvalue weighted by Gasteiger charge is -2.04. The first-order chi connectivity index (χ1) is 8.72. The summed E-state index contributed by atoms with van der Waals surface area (Å²) < 4.78 is 7.08. The highest BCUT2D eigenvalue weighted by Crippen LogP contribution is 2.30. The molecule has 1 aromatic carbocycles. The third-order valence-corrected chi connectivity index (χ3v) is 2.78. The number of rotatable bonds is 3. The van der Waals surface area contributed by atoms with Crippen LogP contribution in [0.2, 0.25) is 0 Å². The summed E-state index contributed by atoms with van der Waals surface area (Å²) in [5.41, 5.74) is 1.79. The summed E-state index contributed by atoms with van der Waals surface area (Å²) in [6.45, 7) is 0. The Morgan fingerprint density at radius 1 is 1.11 bits per heavy atom. The Morgan fingerprint density at radius 2 is 1.89 bits per heavy atom. The van der Waals surface area contributed by atoms with Gasteiger partial charge in [-0.25, -0.2) is 4.57 Å². The number of methoxy groups -OCH3 is 1. The molecular weight excluding hydrogens is 353 g/mol. The van der Waals surface area contributed by atoms with Crippen molar-refractivity contribution in [1.82, 2.24) is 0 Å². The summed E-state index contributed by atoms with van der Waals surface area (Å²) in [5.74, 6) is 0.643. The third kappa shape index (κ3) is 3.70. The summed E-state index contributed by atoms with van der Waals surface area (Å²) in [5, 5.41) is 9.95. The molecule has 0 aliphatic rings. The minimum Gasteiger partial charge on any atom is -1.00 e. The van der Waals surface area contributed by atoms with Gasteiger partial charge in [0.2, 0.25) is 5.69 Å². The number of hydrogen-bond acceptors (Lipinski definition) is 2. The highest BCUT2D eigenvalue weighted by Gasteiger charge is 2.05. The van der Waals surface area contributed by atoms with Gasteiger partial charge >= 0.3 is 0 Å². The quantitative estimate of drug-likeness (QED) is 0.579. The van der Waals surface area contributed by atoms with Gasteiger partial charge in [0.25, 0.3) is 0 Å². The van der Waals surface area contributed by atoms with Crippen LogP contribution in [0.4, 0.5) is 0 Å². The van der Waals surface area contributed by atoms with E-state index in [2.05, 4.69) is 0 Å². The molecule has 19 heavy (non-hydrogen) atoms. The van der Waals surface area contributed by atoms with E-state index >= 15 is 0 Å². The van der Waals surface area contributed by atoms with Crippen LogP contribution >= 0.6 is 0 Å². The summed E-state index contributed by atoms with van der Waals surface area (Å²) >= 11 is 0. The van der Waals surface area contributed by atoms with Crippen LogP contribution in [0, 0.1) is 0 Å². The molecule has 2 aromatic rings. The molecule has 1 N–H and O–H groups in total. The number of aromatic hydroxyl groups is 1. The van der Waals surface area contributed by atoms with Gasteiger partial charge in [-0.15, -0.1) is 0 Å². The standard InChI is InChI=1S/C15H15NO2.HI/c1-16-11-4-3-7-13(16)10-9-12-6-5-8-14(18-2)15(12)17;/h3-11H,1-2H3;1H. The second-order valence-electron chi connectivity index (χ2n) is 3.97. The highest BCUT2D eigenvalue weighted by atomic mass is 127. The maximum atomic E-state index is 9.95. The second-order valence-corrected chi connectivity index (χ2v) is 3.97. The van der Waals surface area contributed by atoms with E-state index in [9.17, 15) is 5.11 Å². The SMILES string of the molecule is COc1cccc(/C=C/c2cccc[n+]2C)c1O.[I-]. The van der Waals surface area contributed by atoms with E-state index in [0.29, 0.717) is 5.75 Å². The fourth-order valence-corrected chi connectivity index (χ4v) is 1.72. The van der Waals surface area contributed by atoms with Gasteiger partial charge in [0.05, 0.1) is 7.11 Å². The molecule has 0 unspecified atom stereocenters. The van der Waals surface area contributed by atoms with Gasteiger partial charge in [0.1, 0.15) is 7.05 Å². The Labute approximate surface area is 130 Å². The zero-order chi connectivity index (χ0) is 13.0. The molecule has 1 heterocycles. The van der Waals surface area contributed by atoms with Crippen molar-refractivity contribution in [2.45, 2.75) is 0 Å². The van der Waals surface area contributed by atoms with Crippen LogP contribution in [0.15, 0.2) is 42.6 Å². The molecule has 0 aliphatic heterocycles. The number of aryl methyl sites for hydroxylation is 1. The molecular formula is C15H16INO2. The first-order valence-corrected chi connectivity index (χ1v) is 5.71. The summed E-state index contributed by atoms with van der Waals surface area (Å²) in [6.07, 6.45) is 5.80. The molecule has 0 fully saturated rings. The zero-order valence-electron chi connectivity index (χ0n) is 10.9.